The van der Waals surface area contributed by atoms with Crippen LogP contribution in [-0.4, -0.2) is 24.4 Å². The molecule has 0 fully saturated rings. The summed E-state index contributed by atoms with van der Waals surface area (Å²) in [7, 11) is 1.83. The highest BCUT2D eigenvalue weighted by Crippen LogP contribution is 2.14. The first kappa shape index (κ1) is 13.7. The maximum atomic E-state index is 11.9. The molecule has 0 aliphatic heterocycles. The van der Waals surface area contributed by atoms with Gasteiger partial charge in [-0.05, 0) is 11.5 Å². The molecule has 0 spiro atoms. The summed E-state index contributed by atoms with van der Waals surface area (Å²) in [6.45, 7) is 4.97. The molecule has 1 atom stereocenters. The molecule has 1 amide bonds. The molecule has 0 bridgehead atoms. The fourth-order valence-electron chi connectivity index (χ4n) is 1.81. The van der Waals surface area contributed by atoms with Gasteiger partial charge in [0.15, 0.2) is 0 Å². The molecule has 17 heavy (non-hydrogen) atoms. The second-order valence-corrected chi connectivity index (χ2v) is 4.89. The van der Waals surface area contributed by atoms with E-state index < -0.39 is 0 Å². The summed E-state index contributed by atoms with van der Waals surface area (Å²) in [4.78, 5) is 13.7. The molecule has 0 radical (unpaired) electrons. The number of hydrogen-bond donors (Lipinski definition) is 1. The van der Waals surface area contributed by atoms with Gasteiger partial charge in [-0.1, -0.05) is 44.2 Å². The molecule has 1 aromatic carbocycles. The van der Waals surface area contributed by atoms with Crippen molar-refractivity contribution in [3.8, 4) is 0 Å². The average molecular weight is 234 g/mol. The lowest BCUT2D eigenvalue weighted by Crippen LogP contribution is -2.32. The third-order valence-corrected chi connectivity index (χ3v) is 2.69. The van der Waals surface area contributed by atoms with Crippen LogP contribution in [0.15, 0.2) is 30.3 Å². The molecule has 1 unspecified atom stereocenters. The Bertz CT molecular complexity index is 348. The van der Waals surface area contributed by atoms with Crippen LogP contribution < -0.4 is 5.73 Å². The summed E-state index contributed by atoms with van der Waals surface area (Å²) in [5.41, 5.74) is 7.03. The maximum absolute atomic E-state index is 11.9. The Labute approximate surface area is 104 Å². The summed E-state index contributed by atoms with van der Waals surface area (Å²) >= 11 is 0. The van der Waals surface area contributed by atoms with E-state index in [1.807, 2.05) is 37.4 Å². The van der Waals surface area contributed by atoms with Crippen molar-refractivity contribution < 1.29 is 4.79 Å². The molecule has 94 valence electrons. The third kappa shape index (κ3) is 4.57. The molecule has 0 saturated heterocycles. The van der Waals surface area contributed by atoms with Crippen molar-refractivity contribution in [3.63, 3.8) is 0 Å². The fraction of sp³-hybridized carbons (Fsp3) is 0.500. The third-order valence-electron chi connectivity index (χ3n) is 2.69. The van der Waals surface area contributed by atoms with Gasteiger partial charge < -0.3 is 10.6 Å². The second-order valence-electron chi connectivity index (χ2n) is 4.89. The van der Waals surface area contributed by atoms with Gasteiger partial charge in [0, 0.05) is 26.1 Å². The molecular formula is C14H22N2O. The lowest BCUT2D eigenvalue weighted by molar-refractivity contribution is -0.130. The minimum Gasteiger partial charge on any atom is -0.345 e. The van der Waals surface area contributed by atoms with E-state index in [-0.39, 0.29) is 11.9 Å². The van der Waals surface area contributed by atoms with Crippen LogP contribution in [0.4, 0.5) is 0 Å². The molecular weight excluding hydrogens is 212 g/mol. The summed E-state index contributed by atoms with van der Waals surface area (Å²) in [5.74, 6) is 0.590. The van der Waals surface area contributed by atoms with Crippen molar-refractivity contribution in [2.45, 2.75) is 26.3 Å². The minimum atomic E-state index is -0.210. The summed E-state index contributed by atoms with van der Waals surface area (Å²) in [6, 6.07) is 9.54. The largest absolute Gasteiger partial charge is 0.345 e. The predicted octanol–water partition coefficient (Wildman–Crippen LogP) is 2.19. The zero-order valence-corrected chi connectivity index (χ0v) is 10.9. The van der Waals surface area contributed by atoms with E-state index in [9.17, 15) is 4.79 Å². The molecule has 0 heterocycles. The van der Waals surface area contributed by atoms with E-state index in [2.05, 4.69) is 13.8 Å². The van der Waals surface area contributed by atoms with Crippen LogP contribution in [0.3, 0.4) is 0 Å². The monoisotopic (exact) mass is 234 g/mol. The molecule has 1 aromatic rings. The van der Waals surface area contributed by atoms with Gasteiger partial charge >= 0.3 is 0 Å². The number of nitrogens with zero attached hydrogens (tertiary/aromatic N) is 1. The molecule has 3 heteroatoms. The Balaban J connectivity index is 2.51. The van der Waals surface area contributed by atoms with Crippen molar-refractivity contribution in [1.82, 2.24) is 4.90 Å². The quantitative estimate of drug-likeness (QED) is 0.849. The molecule has 0 aliphatic rings. The SMILES string of the molecule is CC(C)CN(C)C(=O)CC(N)c1ccccc1. The maximum Gasteiger partial charge on any atom is 0.224 e. The molecule has 1 rings (SSSR count). The fourth-order valence-corrected chi connectivity index (χ4v) is 1.81. The first-order valence-electron chi connectivity index (χ1n) is 6.05. The highest BCUT2D eigenvalue weighted by Gasteiger charge is 2.15. The number of benzene rings is 1. The number of carbonyl (C=O) groups is 1. The van der Waals surface area contributed by atoms with E-state index >= 15 is 0 Å². The van der Waals surface area contributed by atoms with Crippen LogP contribution in [-0.2, 0) is 4.79 Å². The Morgan fingerprint density at radius 3 is 2.41 bits per heavy atom. The van der Waals surface area contributed by atoms with E-state index in [4.69, 9.17) is 5.73 Å². The van der Waals surface area contributed by atoms with Gasteiger partial charge in [0.25, 0.3) is 0 Å². The number of nitrogens with two attached hydrogens (primary N) is 1. The molecule has 0 saturated carbocycles. The van der Waals surface area contributed by atoms with Crippen molar-refractivity contribution in [3.05, 3.63) is 35.9 Å². The number of rotatable bonds is 5. The van der Waals surface area contributed by atoms with Crippen LogP contribution in [0.1, 0.15) is 31.9 Å². The Kier molecular flexibility index (Phi) is 5.16. The zero-order chi connectivity index (χ0) is 12.8. The van der Waals surface area contributed by atoms with Crippen LogP contribution >= 0.6 is 0 Å². The van der Waals surface area contributed by atoms with Crippen LogP contribution in [0.5, 0.6) is 0 Å². The van der Waals surface area contributed by atoms with E-state index in [1.54, 1.807) is 4.90 Å². The Morgan fingerprint density at radius 2 is 1.88 bits per heavy atom. The highest BCUT2D eigenvalue weighted by molar-refractivity contribution is 5.76. The van der Waals surface area contributed by atoms with Crippen molar-refractivity contribution in [2.75, 3.05) is 13.6 Å². The Morgan fingerprint density at radius 1 is 1.29 bits per heavy atom. The first-order valence-corrected chi connectivity index (χ1v) is 6.05. The van der Waals surface area contributed by atoms with Crippen LogP contribution in [0, 0.1) is 5.92 Å². The van der Waals surface area contributed by atoms with Crippen molar-refractivity contribution in [2.24, 2.45) is 11.7 Å². The average Bonchev–Trinajstić information content (AvgIpc) is 2.29. The topological polar surface area (TPSA) is 46.3 Å². The zero-order valence-electron chi connectivity index (χ0n) is 10.9. The molecule has 2 N–H and O–H groups in total. The van der Waals surface area contributed by atoms with Crippen molar-refractivity contribution >= 4 is 5.91 Å². The molecule has 3 nitrogen and oxygen atoms in total. The van der Waals surface area contributed by atoms with E-state index in [1.165, 1.54) is 0 Å². The summed E-state index contributed by atoms with van der Waals surface area (Å²) in [6.07, 6.45) is 0.368. The van der Waals surface area contributed by atoms with Crippen LogP contribution in [0.2, 0.25) is 0 Å². The Hall–Kier alpha value is -1.35. The summed E-state index contributed by atoms with van der Waals surface area (Å²) in [5, 5.41) is 0. The van der Waals surface area contributed by atoms with E-state index in [0.717, 1.165) is 12.1 Å². The van der Waals surface area contributed by atoms with Gasteiger partial charge in [-0.15, -0.1) is 0 Å². The lowest BCUT2D eigenvalue weighted by Gasteiger charge is -2.21. The van der Waals surface area contributed by atoms with Gasteiger partial charge in [-0.2, -0.15) is 0 Å². The van der Waals surface area contributed by atoms with Gasteiger partial charge in [-0.25, -0.2) is 0 Å². The number of amides is 1. The van der Waals surface area contributed by atoms with E-state index in [0.29, 0.717) is 12.3 Å². The standard InChI is InChI=1S/C14H22N2O/c1-11(2)10-16(3)14(17)9-13(15)12-7-5-4-6-8-12/h4-8,11,13H,9-10,15H2,1-3H3. The normalized spacial score (nSPS) is 12.5. The molecule has 0 aromatic heterocycles. The number of hydrogen-bond acceptors (Lipinski definition) is 2. The smallest absolute Gasteiger partial charge is 0.224 e. The second kappa shape index (κ2) is 6.40. The van der Waals surface area contributed by atoms with Gasteiger partial charge in [0.2, 0.25) is 5.91 Å². The predicted molar refractivity (Wildman–Crippen MR) is 70.5 cm³/mol. The minimum absolute atomic E-state index is 0.107. The first-order chi connectivity index (χ1) is 8.00. The number of carbonyl (C=O) groups excluding carboxylic acids is 1. The van der Waals surface area contributed by atoms with Crippen molar-refractivity contribution in [1.29, 1.82) is 0 Å². The lowest BCUT2D eigenvalue weighted by atomic mass is 10.0. The van der Waals surface area contributed by atoms with Crippen LogP contribution in [0.25, 0.3) is 0 Å². The highest BCUT2D eigenvalue weighted by atomic mass is 16.2. The van der Waals surface area contributed by atoms with Gasteiger partial charge in [0.1, 0.15) is 0 Å². The van der Waals surface area contributed by atoms with Gasteiger partial charge in [0.05, 0.1) is 0 Å². The molecule has 0 aliphatic carbocycles. The summed E-state index contributed by atoms with van der Waals surface area (Å²) < 4.78 is 0. The van der Waals surface area contributed by atoms with Gasteiger partial charge in [-0.3, -0.25) is 4.79 Å².